The van der Waals surface area contributed by atoms with E-state index in [0.717, 1.165) is 27.1 Å². The maximum Gasteiger partial charge on any atom is 0.0844 e. The van der Waals surface area contributed by atoms with Gasteiger partial charge in [0.2, 0.25) is 0 Å². The molecule has 0 saturated heterocycles. The number of pyridine rings is 1. The van der Waals surface area contributed by atoms with Crippen LogP contribution >= 0.6 is 15.9 Å². The third kappa shape index (κ3) is 2.25. The highest BCUT2D eigenvalue weighted by Crippen LogP contribution is 2.22. The molecule has 0 fully saturated rings. The van der Waals surface area contributed by atoms with Crippen molar-refractivity contribution in [3.05, 3.63) is 39.9 Å². The van der Waals surface area contributed by atoms with Gasteiger partial charge in [-0.15, -0.1) is 5.92 Å². The van der Waals surface area contributed by atoms with Crippen LogP contribution in [0.4, 0.5) is 0 Å². The summed E-state index contributed by atoms with van der Waals surface area (Å²) < 4.78 is 2.90. The Morgan fingerprint density at radius 1 is 1.29 bits per heavy atom. The van der Waals surface area contributed by atoms with Gasteiger partial charge in [-0.2, -0.15) is 5.10 Å². The van der Waals surface area contributed by atoms with Gasteiger partial charge in [0.15, 0.2) is 0 Å². The lowest BCUT2D eigenvalue weighted by atomic mass is 10.2. The Morgan fingerprint density at radius 2 is 2.06 bits per heavy atom. The number of aryl methyl sites for hydroxylation is 1. The highest BCUT2D eigenvalue weighted by molar-refractivity contribution is 9.10. The molecule has 0 spiro atoms. The maximum atomic E-state index is 4.46. The van der Waals surface area contributed by atoms with Crippen LogP contribution in [0.5, 0.6) is 0 Å². The van der Waals surface area contributed by atoms with Gasteiger partial charge < -0.3 is 0 Å². The molecular formula is C13H12BrN3. The van der Waals surface area contributed by atoms with Gasteiger partial charge in [-0.25, -0.2) is 4.68 Å². The van der Waals surface area contributed by atoms with Crippen molar-refractivity contribution in [2.75, 3.05) is 0 Å². The second kappa shape index (κ2) is 4.72. The molecule has 17 heavy (non-hydrogen) atoms. The standard InChI is InChI=1S/C13H12BrN3/c1-4-5-11-6-12(8-15-7-11)17-10(3)13(14)9(2)16-17/h6-8H,1-3H3. The second-order valence-electron chi connectivity index (χ2n) is 3.70. The molecule has 0 aliphatic heterocycles. The van der Waals surface area contributed by atoms with Crippen LogP contribution in [0, 0.1) is 25.7 Å². The minimum absolute atomic E-state index is 0.897. The summed E-state index contributed by atoms with van der Waals surface area (Å²) in [5.41, 5.74) is 3.85. The topological polar surface area (TPSA) is 30.7 Å². The summed E-state index contributed by atoms with van der Waals surface area (Å²) in [7, 11) is 0. The lowest BCUT2D eigenvalue weighted by molar-refractivity contribution is 0.828. The summed E-state index contributed by atoms with van der Waals surface area (Å²) in [6.45, 7) is 5.80. The smallest absolute Gasteiger partial charge is 0.0844 e. The van der Waals surface area contributed by atoms with Crippen molar-refractivity contribution in [2.24, 2.45) is 0 Å². The number of hydrogen-bond acceptors (Lipinski definition) is 2. The molecule has 0 bridgehead atoms. The molecule has 0 radical (unpaired) electrons. The van der Waals surface area contributed by atoms with E-state index in [-0.39, 0.29) is 0 Å². The lowest BCUT2D eigenvalue weighted by Gasteiger charge is -2.03. The summed E-state index contributed by atoms with van der Waals surface area (Å²) in [5, 5.41) is 4.46. The van der Waals surface area contributed by atoms with E-state index in [1.807, 2.05) is 31.5 Å². The number of hydrogen-bond donors (Lipinski definition) is 0. The van der Waals surface area contributed by atoms with Gasteiger partial charge in [0.25, 0.3) is 0 Å². The van der Waals surface area contributed by atoms with Crippen LogP contribution in [0.3, 0.4) is 0 Å². The molecule has 86 valence electrons. The molecule has 2 heterocycles. The first-order valence-corrected chi connectivity index (χ1v) is 6.02. The van der Waals surface area contributed by atoms with Gasteiger partial charge in [-0.1, -0.05) is 5.92 Å². The second-order valence-corrected chi connectivity index (χ2v) is 4.50. The van der Waals surface area contributed by atoms with E-state index in [0.29, 0.717) is 0 Å². The number of aromatic nitrogens is 3. The Labute approximate surface area is 109 Å². The Hall–Kier alpha value is -1.60. The van der Waals surface area contributed by atoms with E-state index in [4.69, 9.17) is 0 Å². The fourth-order valence-corrected chi connectivity index (χ4v) is 1.88. The average Bonchev–Trinajstić information content (AvgIpc) is 2.58. The zero-order valence-electron chi connectivity index (χ0n) is 9.95. The Bertz CT molecular complexity index is 617. The van der Waals surface area contributed by atoms with E-state index in [9.17, 15) is 0 Å². The summed E-state index contributed by atoms with van der Waals surface area (Å²) in [5.74, 6) is 5.86. The summed E-state index contributed by atoms with van der Waals surface area (Å²) in [4.78, 5) is 4.18. The van der Waals surface area contributed by atoms with E-state index in [1.165, 1.54) is 0 Å². The predicted octanol–water partition coefficient (Wildman–Crippen LogP) is 3.02. The van der Waals surface area contributed by atoms with Crippen molar-refractivity contribution in [3.63, 3.8) is 0 Å². The number of nitrogens with zero attached hydrogens (tertiary/aromatic N) is 3. The summed E-state index contributed by atoms with van der Waals surface area (Å²) in [6, 6.07) is 1.98. The van der Waals surface area contributed by atoms with Crippen molar-refractivity contribution in [3.8, 4) is 17.5 Å². The maximum absolute atomic E-state index is 4.46. The quantitative estimate of drug-likeness (QED) is 0.756. The Balaban J connectivity index is 2.55. The van der Waals surface area contributed by atoms with Crippen molar-refractivity contribution in [2.45, 2.75) is 20.8 Å². The van der Waals surface area contributed by atoms with Crippen LogP contribution in [0.2, 0.25) is 0 Å². The SMILES string of the molecule is CC#Cc1cncc(-n2nc(C)c(Br)c2C)c1. The summed E-state index contributed by atoms with van der Waals surface area (Å²) >= 11 is 3.51. The molecule has 0 unspecified atom stereocenters. The molecule has 0 saturated carbocycles. The molecule has 2 aromatic rings. The molecule has 2 aromatic heterocycles. The van der Waals surface area contributed by atoms with Gasteiger partial charge in [0.1, 0.15) is 0 Å². The molecule has 3 nitrogen and oxygen atoms in total. The molecule has 4 heteroatoms. The van der Waals surface area contributed by atoms with Gasteiger partial charge in [0.05, 0.1) is 27.7 Å². The fraction of sp³-hybridized carbons (Fsp3) is 0.231. The van der Waals surface area contributed by atoms with Crippen molar-refractivity contribution in [1.82, 2.24) is 14.8 Å². The van der Waals surface area contributed by atoms with Crippen LogP contribution < -0.4 is 0 Å². The average molecular weight is 290 g/mol. The molecule has 0 amide bonds. The molecule has 0 N–H and O–H groups in total. The van der Waals surface area contributed by atoms with Crippen molar-refractivity contribution < 1.29 is 0 Å². The fourth-order valence-electron chi connectivity index (χ4n) is 1.63. The first kappa shape index (κ1) is 11.9. The minimum Gasteiger partial charge on any atom is -0.261 e. The Kier molecular flexibility index (Phi) is 3.30. The number of rotatable bonds is 1. The first-order valence-electron chi connectivity index (χ1n) is 5.23. The third-order valence-electron chi connectivity index (χ3n) is 2.44. The first-order chi connectivity index (χ1) is 8.13. The number of halogens is 1. The largest absolute Gasteiger partial charge is 0.261 e. The van der Waals surface area contributed by atoms with Crippen LogP contribution in [-0.2, 0) is 0 Å². The summed E-state index contributed by atoms with van der Waals surface area (Å²) in [6.07, 6.45) is 3.54. The third-order valence-corrected chi connectivity index (χ3v) is 3.59. The molecular weight excluding hydrogens is 278 g/mol. The van der Waals surface area contributed by atoms with Gasteiger partial charge in [-0.05, 0) is 42.8 Å². The predicted molar refractivity (Wildman–Crippen MR) is 71.1 cm³/mol. The van der Waals surface area contributed by atoms with Crippen molar-refractivity contribution >= 4 is 15.9 Å². The zero-order chi connectivity index (χ0) is 12.4. The van der Waals surface area contributed by atoms with Crippen LogP contribution in [0.25, 0.3) is 5.69 Å². The van der Waals surface area contributed by atoms with Gasteiger partial charge >= 0.3 is 0 Å². The minimum atomic E-state index is 0.897. The van der Waals surface area contributed by atoms with E-state index in [2.05, 4.69) is 37.9 Å². The van der Waals surface area contributed by atoms with Crippen LogP contribution in [0.1, 0.15) is 23.9 Å². The van der Waals surface area contributed by atoms with E-state index >= 15 is 0 Å². The molecule has 0 aliphatic rings. The normalized spacial score (nSPS) is 9.88. The molecule has 2 rings (SSSR count). The Morgan fingerprint density at radius 3 is 2.65 bits per heavy atom. The van der Waals surface area contributed by atoms with Gasteiger partial charge in [-0.3, -0.25) is 4.98 Å². The highest BCUT2D eigenvalue weighted by Gasteiger charge is 2.10. The van der Waals surface area contributed by atoms with Crippen LogP contribution in [0.15, 0.2) is 22.9 Å². The van der Waals surface area contributed by atoms with Crippen LogP contribution in [-0.4, -0.2) is 14.8 Å². The molecule has 0 atom stereocenters. The van der Waals surface area contributed by atoms with E-state index in [1.54, 1.807) is 12.4 Å². The van der Waals surface area contributed by atoms with Crippen molar-refractivity contribution in [1.29, 1.82) is 0 Å². The lowest BCUT2D eigenvalue weighted by Crippen LogP contribution is -2.00. The van der Waals surface area contributed by atoms with Gasteiger partial charge in [0, 0.05) is 11.8 Å². The van der Waals surface area contributed by atoms with E-state index < -0.39 is 0 Å². The zero-order valence-corrected chi connectivity index (χ0v) is 11.5. The highest BCUT2D eigenvalue weighted by atomic mass is 79.9. The molecule has 0 aliphatic carbocycles. The molecule has 0 aromatic carbocycles. The monoisotopic (exact) mass is 289 g/mol.